The standard InChI is InChI=1S/C21H30N6O2/c1-12-19-17(25-26(12)6)8-16(15-10-23-27(11-15)21(3,4)5)24-20(19)29-13(2)14-7-18(28)22-9-14/h8,10-14,25H,7,9H2,1-6H3,(H,22,28)/t12?,13-,14-/m1/s1. The number of carbonyl (C=O) groups is 1. The summed E-state index contributed by atoms with van der Waals surface area (Å²) in [4.78, 5) is 16.5. The SMILES string of the molecule is CC1c2c(cc(-c3cnn(C(C)(C)C)c3)nc2O[C@H](C)[C@H]2CNC(=O)C2)NN1C. The van der Waals surface area contributed by atoms with Gasteiger partial charge in [0.05, 0.1) is 34.7 Å². The molecule has 2 N–H and O–H groups in total. The predicted molar refractivity (Wildman–Crippen MR) is 111 cm³/mol. The van der Waals surface area contributed by atoms with E-state index < -0.39 is 0 Å². The molecule has 3 atom stereocenters. The minimum absolute atomic E-state index is 0.0850. The molecule has 2 aromatic heterocycles. The molecule has 2 aliphatic heterocycles. The maximum Gasteiger partial charge on any atom is 0.221 e. The second-order valence-electron chi connectivity index (χ2n) is 9.11. The number of hydrogen-bond acceptors (Lipinski definition) is 6. The highest BCUT2D eigenvalue weighted by atomic mass is 16.5. The Morgan fingerprint density at radius 3 is 2.72 bits per heavy atom. The van der Waals surface area contributed by atoms with Gasteiger partial charge in [0.15, 0.2) is 0 Å². The fourth-order valence-electron chi connectivity index (χ4n) is 3.80. The minimum atomic E-state index is -0.115. The molecule has 0 bridgehead atoms. The normalized spacial score (nSPS) is 22.9. The van der Waals surface area contributed by atoms with E-state index in [4.69, 9.17) is 9.72 Å². The number of nitrogens with zero attached hydrogens (tertiary/aromatic N) is 4. The molecule has 1 fully saturated rings. The van der Waals surface area contributed by atoms with Crippen LogP contribution in [0.2, 0.25) is 0 Å². The molecule has 2 aromatic rings. The Morgan fingerprint density at radius 1 is 1.34 bits per heavy atom. The van der Waals surface area contributed by atoms with Crippen molar-refractivity contribution < 1.29 is 9.53 Å². The van der Waals surface area contributed by atoms with Crippen molar-refractivity contribution in [2.24, 2.45) is 5.92 Å². The topological polar surface area (TPSA) is 84.3 Å². The van der Waals surface area contributed by atoms with Gasteiger partial charge in [0.1, 0.15) is 6.10 Å². The zero-order chi connectivity index (χ0) is 20.9. The van der Waals surface area contributed by atoms with Crippen LogP contribution < -0.4 is 15.5 Å². The lowest BCUT2D eigenvalue weighted by atomic mass is 10.0. The van der Waals surface area contributed by atoms with Gasteiger partial charge < -0.3 is 15.5 Å². The van der Waals surface area contributed by atoms with E-state index in [1.165, 1.54) is 0 Å². The Morgan fingerprint density at radius 2 is 2.10 bits per heavy atom. The molecule has 1 unspecified atom stereocenters. The lowest BCUT2D eigenvalue weighted by Crippen LogP contribution is -2.26. The first kappa shape index (κ1) is 19.7. The van der Waals surface area contributed by atoms with Crippen molar-refractivity contribution in [1.82, 2.24) is 25.1 Å². The van der Waals surface area contributed by atoms with Gasteiger partial charge in [-0.05, 0) is 40.7 Å². The summed E-state index contributed by atoms with van der Waals surface area (Å²) in [6.07, 6.45) is 4.24. The molecule has 1 saturated heterocycles. The highest BCUT2D eigenvalue weighted by Gasteiger charge is 2.33. The first-order valence-electron chi connectivity index (χ1n) is 10.2. The summed E-state index contributed by atoms with van der Waals surface area (Å²) in [5.41, 5.74) is 7.11. The van der Waals surface area contributed by atoms with E-state index in [-0.39, 0.29) is 29.5 Å². The van der Waals surface area contributed by atoms with Crippen molar-refractivity contribution >= 4 is 11.6 Å². The second-order valence-corrected chi connectivity index (χ2v) is 9.11. The first-order valence-corrected chi connectivity index (χ1v) is 10.2. The molecule has 8 nitrogen and oxygen atoms in total. The van der Waals surface area contributed by atoms with E-state index in [1.807, 2.05) is 36.1 Å². The van der Waals surface area contributed by atoms with Crippen LogP contribution in [-0.4, -0.2) is 45.4 Å². The molecule has 0 saturated carbocycles. The summed E-state index contributed by atoms with van der Waals surface area (Å²) in [5.74, 6) is 0.855. The number of carbonyl (C=O) groups excluding carboxylic acids is 1. The van der Waals surface area contributed by atoms with E-state index in [0.29, 0.717) is 18.8 Å². The van der Waals surface area contributed by atoms with Crippen molar-refractivity contribution in [2.45, 2.75) is 58.7 Å². The molecular weight excluding hydrogens is 368 g/mol. The van der Waals surface area contributed by atoms with Gasteiger partial charge in [-0.25, -0.2) is 9.99 Å². The summed E-state index contributed by atoms with van der Waals surface area (Å²) in [6.45, 7) is 11.1. The monoisotopic (exact) mass is 398 g/mol. The van der Waals surface area contributed by atoms with E-state index in [1.54, 1.807) is 0 Å². The highest BCUT2D eigenvalue weighted by molar-refractivity contribution is 5.78. The third kappa shape index (κ3) is 3.69. The largest absolute Gasteiger partial charge is 0.474 e. The summed E-state index contributed by atoms with van der Waals surface area (Å²) in [6, 6.07) is 2.19. The summed E-state index contributed by atoms with van der Waals surface area (Å²) < 4.78 is 8.29. The third-order valence-corrected chi connectivity index (χ3v) is 5.86. The number of pyridine rings is 1. The molecule has 0 radical (unpaired) electrons. The smallest absolute Gasteiger partial charge is 0.221 e. The number of rotatable bonds is 4. The van der Waals surface area contributed by atoms with Gasteiger partial charge in [-0.2, -0.15) is 5.10 Å². The number of aromatic nitrogens is 3. The Hall–Kier alpha value is -2.61. The molecule has 4 heterocycles. The Labute approximate surface area is 171 Å². The van der Waals surface area contributed by atoms with Crippen LogP contribution in [-0.2, 0) is 10.3 Å². The second kappa shape index (κ2) is 7.02. The van der Waals surface area contributed by atoms with Gasteiger partial charge in [-0.1, -0.05) is 0 Å². The Balaban J connectivity index is 1.70. The molecule has 156 valence electrons. The Bertz CT molecular complexity index is 932. The van der Waals surface area contributed by atoms with Crippen LogP contribution >= 0.6 is 0 Å². The van der Waals surface area contributed by atoms with E-state index in [2.05, 4.69) is 49.6 Å². The minimum Gasteiger partial charge on any atom is -0.474 e. The van der Waals surface area contributed by atoms with Crippen molar-refractivity contribution in [3.05, 3.63) is 24.0 Å². The van der Waals surface area contributed by atoms with Gasteiger partial charge in [0, 0.05) is 37.7 Å². The molecule has 2 aliphatic rings. The number of nitrogens with one attached hydrogen (secondary N) is 2. The number of anilines is 1. The fourth-order valence-corrected chi connectivity index (χ4v) is 3.80. The first-order chi connectivity index (χ1) is 13.6. The van der Waals surface area contributed by atoms with Crippen molar-refractivity contribution in [1.29, 1.82) is 0 Å². The zero-order valence-corrected chi connectivity index (χ0v) is 18.0. The molecule has 0 aromatic carbocycles. The van der Waals surface area contributed by atoms with Crippen LogP contribution in [0, 0.1) is 5.92 Å². The maximum absolute atomic E-state index is 11.6. The summed E-state index contributed by atoms with van der Waals surface area (Å²) in [7, 11) is 2.01. The molecule has 0 spiro atoms. The Kier molecular flexibility index (Phi) is 4.77. The van der Waals surface area contributed by atoms with Crippen molar-refractivity contribution in [3.63, 3.8) is 0 Å². The highest BCUT2D eigenvalue weighted by Crippen LogP contribution is 2.42. The van der Waals surface area contributed by atoms with E-state index in [9.17, 15) is 4.79 Å². The molecule has 0 aliphatic carbocycles. The predicted octanol–water partition coefficient (Wildman–Crippen LogP) is 2.94. The maximum atomic E-state index is 11.6. The average Bonchev–Trinajstić information content (AvgIpc) is 3.34. The average molecular weight is 399 g/mol. The van der Waals surface area contributed by atoms with Crippen molar-refractivity contribution in [3.8, 4) is 17.1 Å². The van der Waals surface area contributed by atoms with Crippen LogP contribution in [0.25, 0.3) is 11.3 Å². The van der Waals surface area contributed by atoms with Gasteiger partial charge in [-0.15, -0.1) is 0 Å². The van der Waals surface area contributed by atoms with Crippen LogP contribution in [0.1, 0.15) is 52.6 Å². The van der Waals surface area contributed by atoms with E-state index >= 15 is 0 Å². The zero-order valence-electron chi connectivity index (χ0n) is 18.0. The van der Waals surface area contributed by atoms with Gasteiger partial charge in [0.2, 0.25) is 11.8 Å². The summed E-state index contributed by atoms with van der Waals surface area (Å²) in [5, 5.41) is 9.44. The number of ether oxygens (including phenoxy) is 1. The lowest BCUT2D eigenvalue weighted by Gasteiger charge is -2.22. The third-order valence-electron chi connectivity index (χ3n) is 5.86. The van der Waals surface area contributed by atoms with Gasteiger partial charge in [0.25, 0.3) is 0 Å². The number of hydrogen-bond donors (Lipinski definition) is 2. The lowest BCUT2D eigenvalue weighted by molar-refractivity contribution is -0.119. The van der Waals surface area contributed by atoms with Crippen LogP contribution in [0.15, 0.2) is 18.5 Å². The molecule has 29 heavy (non-hydrogen) atoms. The molecule has 4 rings (SSSR count). The molecule has 8 heteroatoms. The fraction of sp³-hybridized carbons (Fsp3) is 0.571. The van der Waals surface area contributed by atoms with Crippen LogP contribution in [0.4, 0.5) is 5.69 Å². The van der Waals surface area contributed by atoms with Gasteiger partial charge in [-0.3, -0.25) is 9.48 Å². The van der Waals surface area contributed by atoms with E-state index in [0.717, 1.165) is 22.5 Å². The number of hydrazine groups is 1. The number of amides is 1. The quantitative estimate of drug-likeness (QED) is 0.824. The summed E-state index contributed by atoms with van der Waals surface area (Å²) >= 11 is 0. The van der Waals surface area contributed by atoms with Crippen LogP contribution in [0.5, 0.6) is 5.88 Å². The van der Waals surface area contributed by atoms with Crippen LogP contribution in [0.3, 0.4) is 0 Å². The number of fused-ring (bicyclic) bond motifs is 1. The molecular formula is C21H30N6O2. The molecule has 1 amide bonds. The van der Waals surface area contributed by atoms with Gasteiger partial charge >= 0.3 is 0 Å². The van der Waals surface area contributed by atoms with Crippen molar-refractivity contribution in [2.75, 3.05) is 19.0 Å².